The molecule has 1 aromatic heterocycles. The predicted octanol–water partition coefficient (Wildman–Crippen LogP) is 2.95. The van der Waals surface area contributed by atoms with Gasteiger partial charge in [-0.1, -0.05) is 12.1 Å². The van der Waals surface area contributed by atoms with Crippen molar-refractivity contribution in [1.82, 2.24) is 10.2 Å². The molecule has 20 heavy (non-hydrogen) atoms. The first kappa shape index (κ1) is 14.0. The van der Waals surface area contributed by atoms with E-state index in [2.05, 4.69) is 10.2 Å². The van der Waals surface area contributed by atoms with Gasteiger partial charge in [-0.05, 0) is 38.3 Å². The zero-order chi connectivity index (χ0) is 14.5. The van der Waals surface area contributed by atoms with Gasteiger partial charge < -0.3 is 4.74 Å². The minimum atomic E-state index is -0.431. The lowest BCUT2D eigenvalue weighted by Gasteiger charge is -2.06. The Bertz CT molecular complexity index is 588. The quantitative estimate of drug-likeness (QED) is 0.499. The molecule has 0 aliphatic rings. The van der Waals surface area contributed by atoms with Gasteiger partial charge >= 0.3 is 5.69 Å². The van der Waals surface area contributed by atoms with Crippen LogP contribution in [0.25, 0.3) is 0 Å². The second-order valence-electron chi connectivity index (χ2n) is 4.59. The Balaban J connectivity index is 1.89. The summed E-state index contributed by atoms with van der Waals surface area (Å²) in [4.78, 5) is 10.4. The van der Waals surface area contributed by atoms with Crippen molar-refractivity contribution >= 4 is 5.69 Å². The van der Waals surface area contributed by atoms with Gasteiger partial charge in [0.05, 0.1) is 17.2 Å². The number of aromatic nitrogens is 2. The first-order chi connectivity index (χ1) is 9.59. The number of ether oxygens (including phenoxy) is 1. The number of nitro benzene ring substituents is 1. The summed E-state index contributed by atoms with van der Waals surface area (Å²) in [6.07, 6.45) is 1.63. The molecule has 6 heteroatoms. The van der Waals surface area contributed by atoms with Crippen molar-refractivity contribution in [2.75, 3.05) is 6.61 Å². The van der Waals surface area contributed by atoms with Crippen LogP contribution in [0.2, 0.25) is 0 Å². The van der Waals surface area contributed by atoms with Gasteiger partial charge in [0, 0.05) is 11.8 Å². The molecule has 2 rings (SSSR count). The average molecular weight is 275 g/mol. The van der Waals surface area contributed by atoms with Crippen molar-refractivity contribution in [3.63, 3.8) is 0 Å². The molecule has 106 valence electrons. The van der Waals surface area contributed by atoms with Crippen molar-refractivity contribution in [3.05, 3.63) is 51.3 Å². The second-order valence-corrected chi connectivity index (χ2v) is 4.59. The molecule has 0 unspecified atom stereocenters. The van der Waals surface area contributed by atoms with Gasteiger partial charge in [0.2, 0.25) is 0 Å². The molecule has 0 aliphatic heterocycles. The number of nitro groups is 1. The highest BCUT2D eigenvalue weighted by molar-refractivity contribution is 5.45. The number of para-hydroxylation sites is 2. The molecule has 1 N–H and O–H groups in total. The summed E-state index contributed by atoms with van der Waals surface area (Å²) in [5.74, 6) is 0.318. The number of benzene rings is 1. The van der Waals surface area contributed by atoms with Gasteiger partial charge in [0.25, 0.3) is 0 Å². The molecule has 0 bridgehead atoms. The zero-order valence-electron chi connectivity index (χ0n) is 11.5. The van der Waals surface area contributed by atoms with Gasteiger partial charge in [0.1, 0.15) is 0 Å². The number of H-pyrrole nitrogens is 1. The van der Waals surface area contributed by atoms with E-state index in [9.17, 15) is 10.1 Å². The minimum absolute atomic E-state index is 0.00294. The number of aromatic amines is 1. The van der Waals surface area contributed by atoms with Crippen LogP contribution >= 0.6 is 0 Å². The summed E-state index contributed by atoms with van der Waals surface area (Å²) in [5, 5.41) is 17.9. The van der Waals surface area contributed by atoms with E-state index in [1.807, 2.05) is 13.8 Å². The molecule has 0 amide bonds. The van der Waals surface area contributed by atoms with E-state index in [0.29, 0.717) is 12.4 Å². The Labute approximate surface area is 116 Å². The Hall–Kier alpha value is -2.37. The number of hydrogen-bond donors (Lipinski definition) is 1. The average Bonchev–Trinajstić information content (AvgIpc) is 2.75. The lowest BCUT2D eigenvalue weighted by molar-refractivity contribution is -0.385. The fourth-order valence-corrected chi connectivity index (χ4v) is 2.10. The van der Waals surface area contributed by atoms with Crippen LogP contribution in [0, 0.1) is 24.0 Å². The van der Waals surface area contributed by atoms with E-state index in [-0.39, 0.29) is 5.69 Å². The van der Waals surface area contributed by atoms with Crippen LogP contribution in [-0.4, -0.2) is 21.7 Å². The van der Waals surface area contributed by atoms with E-state index < -0.39 is 4.92 Å². The highest BCUT2D eigenvalue weighted by Gasteiger charge is 2.13. The number of nitrogens with zero attached hydrogens (tertiary/aromatic N) is 2. The van der Waals surface area contributed by atoms with Crippen LogP contribution in [0.3, 0.4) is 0 Å². The van der Waals surface area contributed by atoms with Gasteiger partial charge in [-0.15, -0.1) is 0 Å². The molecule has 6 nitrogen and oxygen atoms in total. The summed E-state index contributed by atoms with van der Waals surface area (Å²) in [7, 11) is 0. The predicted molar refractivity (Wildman–Crippen MR) is 75.0 cm³/mol. The number of hydrogen-bond acceptors (Lipinski definition) is 4. The molecule has 1 heterocycles. The van der Waals surface area contributed by atoms with E-state index in [0.717, 1.165) is 24.2 Å². The summed E-state index contributed by atoms with van der Waals surface area (Å²) >= 11 is 0. The van der Waals surface area contributed by atoms with E-state index in [1.54, 1.807) is 18.2 Å². The SMILES string of the molecule is Cc1n[nH]c(C)c1CCCOc1ccccc1[N+](=O)[O-]. The largest absolute Gasteiger partial charge is 0.487 e. The Morgan fingerprint density at radius 3 is 2.75 bits per heavy atom. The number of nitrogens with one attached hydrogen (secondary N) is 1. The van der Waals surface area contributed by atoms with Crippen molar-refractivity contribution in [1.29, 1.82) is 0 Å². The zero-order valence-corrected chi connectivity index (χ0v) is 11.5. The summed E-state index contributed by atoms with van der Waals surface area (Å²) in [6.45, 7) is 4.38. The van der Waals surface area contributed by atoms with Crippen LogP contribution in [-0.2, 0) is 6.42 Å². The molecule has 0 saturated carbocycles. The summed E-state index contributed by atoms with van der Waals surface area (Å²) < 4.78 is 5.50. The third-order valence-corrected chi connectivity index (χ3v) is 3.17. The van der Waals surface area contributed by atoms with Gasteiger partial charge in [-0.3, -0.25) is 15.2 Å². The van der Waals surface area contributed by atoms with Crippen LogP contribution in [0.1, 0.15) is 23.4 Å². The maximum Gasteiger partial charge on any atom is 0.310 e. The molecule has 2 aromatic rings. The van der Waals surface area contributed by atoms with E-state index >= 15 is 0 Å². The maximum absolute atomic E-state index is 10.8. The fourth-order valence-electron chi connectivity index (χ4n) is 2.10. The second kappa shape index (κ2) is 6.18. The molecule has 1 aromatic carbocycles. The smallest absolute Gasteiger partial charge is 0.310 e. The topological polar surface area (TPSA) is 81.0 Å². The van der Waals surface area contributed by atoms with Crippen LogP contribution in [0.4, 0.5) is 5.69 Å². The highest BCUT2D eigenvalue weighted by atomic mass is 16.6. The lowest BCUT2D eigenvalue weighted by atomic mass is 10.1. The number of aryl methyl sites for hydroxylation is 2. The van der Waals surface area contributed by atoms with Crippen LogP contribution in [0.5, 0.6) is 5.75 Å². The standard InChI is InChI=1S/C14H17N3O3/c1-10-12(11(2)16-15-10)6-5-9-20-14-8-4-3-7-13(14)17(18)19/h3-4,7-8H,5-6,9H2,1-2H3,(H,15,16). The third-order valence-electron chi connectivity index (χ3n) is 3.17. The van der Waals surface area contributed by atoms with E-state index in [1.165, 1.54) is 11.6 Å². The van der Waals surface area contributed by atoms with Gasteiger partial charge in [-0.2, -0.15) is 5.10 Å². The molecule has 0 saturated heterocycles. The first-order valence-electron chi connectivity index (χ1n) is 6.46. The summed E-state index contributed by atoms with van der Waals surface area (Å²) in [5.41, 5.74) is 3.25. The third kappa shape index (κ3) is 3.14. The van der Waals surface area contributed by atoms with Crippen molar-refractivity contribution in [2.45, 2.75) is 26.7 Å². The van der Waals surface area contributed by atoms with Crippen molar-refractivity contribution in [2.24, 2.45) is 0 Å². The van der Waals surface area contributed by atoms with Crippen molar-refractivity contribution < 1.29 is 9.66 Å². The van der Waals surface area contributed by atoms with Gasteiger partial charge in [-0.25, -0.2) is 0 Å². The Kier molecular flexibility index (Phi) is 4.34. The summed E-state index contributed by atoms with van der Waals surface area (Å²) in [6, 6.07) is 6.42. The van der Waals surface area contributed by atoms with Crippen molar-refractivity contribution in [3.8, 4) is 5.75 Å². The van der Waals surface area contributed by atoms with Crippen LogP contribution in [0.15, 0.2) is 24.3 Å². The molecule has 0 aliphatic carbocycles. The normalized spacial score (nSPS) is 10.5. The molecule has 0 fully saturated rings. The molecule has 0 radical (unpaired) electrons. The molecular weight excluding hydrogens is 258 g/mol. The first-order valence-corrected chi connectivity index (χ1v) is 6.46. The Morgan fingerprint density at radius 1 is 1.35 bits per heavy atom. The minimum Gasteiger partial charge on any atom is -0.487 e. The lowest BCUT2D eigenvalue weighted by Crippen LogP contribution is -2.02. The fraction of sp³-hybridized carbons (Fsp3) is 0.357. The molecule has 0 spiro atoms. The highest BCUT2D eigenvalue weighted by Crippen LogP contribution is 2.26. The molecular formula is C14H17N3O3. The van der Waals surface area contributed by atoms with E-state index in [4.69, 9.17) is 4.74 Å². The number of rotatable bonds is 6. The Morgan fingerprint density at radius 2 is 2.10 bits per heavy atom. The maximum atomic E-state index is 10.8. The molecule has 0 atom stereocenters. The van der Waals surface area contributed by atoms with Crippen LogP contribution < -0.4 is 4.74 Å². The van der Waals surface area contributed by atoms with Gasteiger partial charge in [0.15, 0.2) is 5.75 Å². The monoisotopic (exact) mass is 275 g/mol.